The minimum absolute atomic E-state index is 0.0332. The minimum Gasteiger partial charge on any atom is -0.481 e. The van der Waals surface area contributed by atoms with Crippen molar-refractivity contribution in [1.29, 1.82) is 0 Å². The summed E-state index contributed by atoms with van der Waals surface area (Å²) in [6.07, 6.45) is -0.489. The third kappa shape index (κ3) is 27.2. The maximum absolute atomic E-state index is 14.7. The van der Waals surface area contributed by atoms with Gasteiger partial charge in [0.15, 0.2) is 0 Å². The number of aliphatic carboxylic acids is 1. The first-order valence-electron chi connectivity index (χ1n) is 34.5. The second-order valence-corrected chi connectivity index (χ2v) is 31.3. The number of carbonyl (C=O) groups is 19. The lowest BCUT2D eigenvalue weighted by atomic mass is 9.97. The van der Waals surface area contributed by atoms with Crippen LogP contribution in [0.3, 0.4) is 0 Å². The van der Waals surface area contributed by atoms with Crippen LogP contribution in [-0.2, 0) is 97.5 Å². The molecule has 16 atom stereocenters. The number of aliphatic hydroxyl groups is 2. The Bertz CT molecular complexity index is 3530. The molecule has 0 spiro atoms. The summed E-state index contributed by atoms with van der Waals surface area (Å²) >= 11 is 0. The van der Waals surface area contributed by atoms with Crippen molar-refractivity contribution in [2.45, 2.75) is 183 Å². The van der Waals surface area contributed by atoms with Gasteiger partial charge in [-0.15, -0.1) is 0 Å². The van der Waals surface area contributed by atoms with Gasteiger partial charge in [0.1, 0.15) is 90.6 Å². The van der Waals surface area contributed by atoms with Crippen LogP contribution in [0.2, 0.25) is 0 Å². The number of carboxylic acids is 1. The SMILES string of the molecule is CC[C@H](C)[C@@H]1NC(=O)[C@H](CC(=O)O)NC(=O)[C@@H]2CCCN2C(=O)[C@H](CC(N)=O)NC(=O)[C@H](CC(N)=O)NC(=O)[C@H](C(C)C)NC(=O)[C@H](CO)NC(=O)[C@@H]2CSSC[C@H](NC(=O)CN)C(=O)N[C@@H](CSSC[C@@H](C(N)=O)NC1=O)C(=O)N[C@@H](CO)C(=O)N[C@@H](Cc1cnc[nH]1)C(=O)N1CCC[C@H]1C(=O)N[C@@H](C)C(=O)N2. The van der Waals surface area contributed by atoms with Crippen molar-refractivity contribution in [3.63, 3.8) is 0 Å². The molecule has 604 valence electrons. The average Bonchev–Trinajstić information content (AvgIpc) is 1.72. The first-order chi connectivity index (χ1) is 51.5. The highest BCUT2D eigenvalue weighted by Crippen LogP contribution is 2.27. The normalized spacial score (nSPS) is 28.6. The molecule has 0 aliphatic carbocycles. The fraction of sp³-hybridized carbons (Fsp3) is 0.645. The number of imidazole rings is 1. The molecule has 4 aliphatic rings. The lowest BCUT2D eigenvalue weighted by Crippen LogP contribution is -2.62. The van der Waals surface area contributed by atoms with E-state index in [1.807, 2.05) is 0 Å². The van der Waals surface area contributed by atoms with E-state index in [1.165, 1.54) is 40.2 Å². The highest BCUT2D eigenvalue weighted by atomic mass is 33.1. The molecule has 47 heteroatoms. The van der Waals surface area contributed by atoms with Gasteiger partial charge in [0, 0.05) is 54.4 Å². The number of amides is 18. The van der Waals surface area contributed by atoms with Gasteiger partial charge in [0.25, 0.3) is 0 Å². The van der Waals surface area contributed by atoms with E-state index in [9.17, 15) is 106 Å². The van der Waals surface area contributed by atoms with Crippen molar-refractivity contribution < 1.29 is 106 Å². The van der Waals surface area contributed by atoms with Gasteiger partial charge in [-0.25, -0.2) is 4.98 Å². The number of aliphatic hydroxyl groups excluding tert-OH is 2. The summed E-state index contributed by atoms with van der Waals surface area (Å²) in [5.41, 5.74) is 22.8. The number of nitrogens with one attached hydrogen (secondary N) is 14. The Labute approximate surface area is 639 Å². The van der Waals surface area contributed by atoms with Crippen LogP contribution in [0, 0.1) is 11.8 Å². The number of hydrogen-bond donors (Lipinski definition) is 21. The van der Waals surface area contributed by atoms with Crippen LogP contribution in [-0.4, -0.2) is 294 Å². The van der Waals surface area contributed by atoms with Crippen LogP contribution < -0.4 is 92.1 Å². The molecule has 1 aromatic heterocycles. The van der Waals surface area contributed by atoms with Crippen LogP contribution in [0.15, 0.2) is 12.5 Å². The van der Waals surface area contributed by atoms with Crippen LogP contribution in [0.4, 0.5) is 0 Å². The number of carbonyl (C=O) groups excluding carboxylic acids is 18. The molecule has 4 saturated heterocycles. The monoisotopic (exact) mass is 1610 g/mol. The topological polar surface area (TPSA) is 681 Å². The Morgan fingerprint density at radius 1 is 0.532 bits per heavy atom. The summed E-state index contributed by atoms with van der Waals surface area (Å²) in [6, 6.07) is -25.9. The van der Waals surface area contributed by atoms with Crippen molar-refractivity contribution in [3.8, 4) is 0 Å². The molecule has 2 bridgehead atoms. The molecule has 5 heterocycles. The van der Waals surface area contributed by atoms with Crippen molar-refractivity contribution in [2.24, 2.45) is 34.8 Å². The number of carboxylic acid groups (broad SMARTS) is 1. The van der Waals surface area contributed by atoms with E-state index in [0.717, 1.165) is 53.0 Å². The Balaban J connectivity index is 1.65. The number of primary amides is 3. The van der Waals surface area contributed by atoms with E-state index in [4.69, 9.17) is 22.9 Å². The molecule has 109 heavy (non-hydrogen) atoms. The zero-order chi connectivity index (χ0) is 81.1. The molecule has 4 aliphatic heterocycles. The molecular formula is C62H95N21O22S4. The van der Waals surface area contributed by atoms with Gasteiger partial charge in [0.05, 0.1) is 45.3 Å². The van der Waals surface area contributed by atoms with E-state index in [0.29, 0.717) is 0 Å². The largest absolute Gasteiger partial charge is 0.481 e. The summed E-state index contributed by atoms with van der Waals surface area (Å²) in [5.74, 6) is -25.6. The Hall–Kier alpha value is -9.58. The lowest BCUT2D eigenvalue weighted by Gasteiger charge is -2.31. The van der Waals surface area contributed by atoms with E-state index >= 15 is 0 Å². The van der Waals surface area contributed by atoms with Gasteiger partial charge in [-0.3, -0.25) is 91.1 Å². The van der Waals surface area contributed by atoms with Crippen LogP contribution in [0.25, 0.3) is 0 Å². The molecule has 0 saturated carbocycles. The summed E-state index contributed by atoms with van der Waals surface area (Å²) in [4.78, 5) is 273. The smallest absolute Gasteiger partial charge is 0.305 e. The number of nitrogens with two attached hydrogens (primary N) is 4. The first kappa shape index (κ1) is 90.0. The van der Waals surface area contributed by atoms with Crippen molar-refractivity contribution >= 4 is 155 Å². The Morgan fingerprint density at radius 3 is 1.50 bits per heavy atom. The number of rotatable bonds is 16. The molecule has 0 unspecified atom stereocenters. The van der Waals surface area contributed by atoms with Crippen molar-refractivity contribution in [2.75, 3.05) is 55.9 Å². The highest BCUT2D eigenvalue weighted by Gasteiger charge is 2.44. The fourth-order valence-corrected chi connectivity index (χ4v) is 16.1. The molecule has 4 fully saturated rings. The van der Waals surface area contributed by atoms with E-state index in [-0.39, 0.29) is 57.3 Å². The molecule has 5 rings (SSSR count). The summed E-state index contributed by atoms with van der Waals surface area (Å²) in [7, 11) is 3.09. The Kier molecular flexibility index (Phi) is 36.0. The minimum atomic E-state index is -2.01. The van der Waals surface area contributed by atoms with Crippen LogP contribution in [0.5, 0.6) is 0 Å². The summed E-state index contributed by atoms with van der Waals surface area (Å²) in [5, 5.41) is 62.4. The quantitative estimate of drug-likeness (QED) is 0.0684. The molecule has 25 N–H and O–H groups in total. The number of H-pyrrole nitrogens is 1. The van der Waals surface area contributed by atoms with Crippen molar-refractivity contribution in [1.82, 2.24) is 88.9 Å². The van der Waals surface area contributed by atoms with E-state index < -0.39 is 277 Å². The number of fused-ring (bicyclic) bond motifs is 10. The third-order valence-corrected chi connectivity index (χ3v) is 22.5. The lowest BCUT2D eigenvalue weighted by molar-refractivity contribution is -0.145. The summed E-state index contributed by atoms with van der Waals surface area (Å²) in [6.45, 7) is 3.80. The zero-order valence-corrected chi connectivity index (χ0v) is 63.3. The maximum atomic E-state index is 14.7. The van der Waals surface area contributed by atoms with Crippen molar-refractivity contribution in [3.05, 3.63) is 18.2 Å². The van der Waals surface area contributed by atoms with E-state index in [2.05, 4.69) is 79.1 Å². The van der Waals surface area contributed by atoms with Crippen LogP contribution >= 0.6 is 43.2 Å². The predicted molar refractivity (Wildman–Crippen MR) is 389 cm³/mol. The van der Waals surface area contributed by atoms with Gasteiger partial charge in [0.2, 0.25) is 106 Å². The fourth-order valence-electron chi connectivity index (χ4n) is 11.4. The van der Waals surface area contributed by atoms with Gasteiger partial charge in [-0.2, -0.15) is 0 Å². The van der Waals surface area contributed by atoms with Gasteiger partial charge >= 0.3 is 5.97 Å². The van der Waals surface area contributed by atoms with Gasteiger partial charge < -0.3 is 122 Å². The predicted octanol–water partition coefficient (Wildman–Crippen LogP) is -10.6. The third-order valence-electron chi connectivity index (χ3n) is 17.6. The molecule has 1 aromatic rings. The number of hydrogen-bond acceptors (Lipinski definition) is 27. The number of aromatic amines is 1. The molecule has 0 radical (unpaired) electrons. The molecular weight excluding hydrogens is 1520 g/mol. The second kappa shape index (κ2) is 43.6. The average molecular weight is 1610 g/mol. The summed E-state index contributed by atoms with van der Waals surface area (Å²) < 4.78 is 0. The highest BCUT2D eigenvalue weighted by molar-refractivity contribution is 8.77. The van der Waals surface area contributed by atoms with Gasteiger partial charge in [-0.05, 0) is 44.4 Å². The maximum Gasteiger partial charge on any atom is 0.305 e. The van der Waals surface area contributed by atoms with E-state index in [1.54, 1.807) is 6.92 Å². The molecule has 18 amide bonds. The molecule has 43 nitrogen and oxygen atoms in total. The van der Waals surface area contributed by atoms with Crippen LogP contribution in [0.1, 0.15) is 91.7 Å². The second-order valence-electron chi connectivity index (χ2n) is 26.2. The first-order valence-corrected chi connectivity index (χ1v) is 39.5. The molecule has 0 aromatic carbocycles. The zero-order valence-electron chi connectivity index (χ0n) is 60.1. The Morgan fingerprint density at radius 2 is 0.982 bits per heavy atom. The standard InChI is InChI=1S/C62H95N21O22S4/c1-6-27(4)47-60(103)77-36(48(66)91)21-106-108-24-39-56(99)75-34(19-84)52(95)73-32(13-29-18-67-25-68-29)61(104)82-11-7-9-40(82)57(100)69-28(5)49(92)78-38(23-109-107-22-37(54(97)79-39)70-44(88)17-63)55(98)76-35(20-85)53(96)80-46(26(2)3)59(102)72-30(14-42(64)86)50(93)74-33(15-43(65)87)62(105)83-12-8-10-41(83)58(101)71-31(16-45(89)90)51(94)81-47/h18,25-28,30-41,46-47,84-85H,6-17,19-24,63H2,1-5H3,(H2,64,86)(H2,65,87)(H2,66,91)(H,67,68)(H,69,100)(H,70,88)(H,71,101)(H,72,102)(H,73,95)(H,74,93)(H,75,99)(H,76,98)(H,77,103)(H,78,92)(H,79,97)(H,80,96)(H,81,94)(H,89,90)/t27-,28-,30-,31-,32-,33-,34-,35-,36-,37-,38-,39-,40-,41-,46-,47-/m0/s1. The number of aromatic nitrogens is 2. The number of nitrogens with zero attached hydrogens (tertiary/aromatic N) is 3. The van der Waals surface area contributed by atoms with Gasteiger partial charge in [-0.1, -0.05) is 77.3 Å².